The van der Waals surface area contributed by atoms with Crippen LogP contribution in [-0.2, 0) is 0 Å². The van der Waals surface area contributed by atoms with Crippen LogP contribution in [0.4, 0.5) is 0 Å². The van der Waals surface area contributed by atoms with Gasteiger partial charge < -0.3 is 0 Å². The summed E-state index contributed by atoms with van der Waals surface area (Å²) in [4.78, 5) is 5.40. The normalized spacial score (nSPS) is 27.4. The average Bonchev–Trinajstić information content (AvgIpc) is 2.55. The van der Waals surface area contributed by atoms with Crippen LogP contribution in [0.2, 0.25) is 0 Å². The molecule has 0 N–H and O–H groups in total. The van der Waals surface area contributed by atoms with Gasteiger partial charge in [-0.2, -0.15) is 0 Å². The van der Waals surface area contributed by atoms with Gasteiger partial charge in [0.1, 0.15) is 0 Å². The maximum atomic E-state index is 5.40. The van der Waals surface area contributed by atoms with E-state index in [1.807, 2.05) is 0 Å². The fourth-order valence-corrected chi connectivity index (χ4v) is 4.76. The van der Waals surface area contributed by atoms with Crippen LogP contribution < -0.4 is 0 Å². The van der Waals surface area contributed by atoms with Crippen molar-refractivity contribution in [2.24, 2.45) is 16.8 Å². The van der Waals surface area contributed by atoms with Crippen LogP contribution in [0, 0.1) is 11.8 Å². The van der Waals surface area contributed by atoms with E-state index in [4.69, 9.17) is 4.99 Å². The van der Waals surface area contributed by atoms with Gasteiger partial charge in [0.2, 0.25) is 0 Å². The van der Waals surface area contributed by atoms with Gasteiger partial charge in [-0.15, -0.1) is 0 Å². The van der Waals surface area contributed by atoms with Crippen LogP contribution in [0.15, 0.2) is 4.99 Å². The molecule has 0 aromatic carbocycles. The van der Waals surface area contributed by atoms with Gasteiger partial charge in [0, 0.05) is 11.8 Å². The fraction of sp³-hybridized carbons (Fsp3) is 0.947. The van der Waals surface area contributed by atoms with Crippen LogP contribution in [0.5, 0.6) is 0 Å². The summed E-state index contributed by atoms with van der Waals surface area (Å²) >= 11 is 0. The lowest BCUT2D eigenvalue weighted by Crippen LogP contribution is -2.29. The fourth-order valence-electron chi connectivity index (χ4n) is 4.76. The molecule has 0 aliphatic heterocycles. The Balaban J connectivity index is 1.71. The molecule has 0 heterocycles. The van der Waals surface area contributed by atoms with Crippen molar-refractivity contribution in [1.29, 1.82) is 0 Å². The first-order valence-corrected chi connectivity index (χ1v) is 9.51. The van der Waals surface area contributed by atoms with Crippen LogP contribution in [-0.4, -0.2) is 11.8 Å². The van der Waals surface area contributed by atoms with Crippen molar-refractivity contribution in [3.05, 3.63) is 0 Å². The molecule has 0 saturated heterocycles. The first-order valence-electron chi connectivity index (χ1n) is 9.51. The Morgan fingerprint density at radius 3 is 1.35 bits per heavy atom. The summed E-state index contributed by atoms with van der Waals surface area (Å²) < 4.78 is 0. The van der Waals surface area contributed by atoms with Gasteiger partial charge in [-0.3, -0.25) is 4.99 Å². The van der Waals surface area contributed by atoms with E-state index in [1.165, 1.54) is 96.3 Å². The van der Waals surface area contributed by atoms with Crippen LogP contribution in [0.25, 0.3) is 0 Å². The Hall–Kier alpha value is -0.330. The van der Waals surface area contributed by atoms with E-state index in [0.29, 0.717) is 6.04 Å². The van der Waals surface area contributed by atoms with Crippen molar-refractivity contribution in [3.63, 3.8) is 0 Å². The third-order valence-electron chi connectivity index (χ3n) is 5.95. The molecule has 1 heteroatoms. The molecular weight excluding hydrogens is 242 g/mol. The molecule has 3 fully saturated rings. The lowest BCUT2D eigenvalue weighted by atomic mass is 9.75. The molecule has 3 aliphatic rings. The largest absolute Gasteiger partial charge is 0.290 e. The molecule has 3 saturated carbocycles. The average molecular weight is 275 g/mol. The monoisotopic (exact) mass is 275 g/mol. The minimum atomic E-state index is 0.697. The van der Waals surface area contributed by atoms with Crippen LogP contribution >= 0.6 is 0 Å². The highest BCUT2D eigenvalue weighted by molar-refractivity contribution is 5.89. The van der Waals surface area contributed by atoms with Crippen molar-refractivity contribution in [2.45, 2.75) is 102 Å². The molecule has 3 rings (SSSR count). The quantitative estimate of drug-likeness (QED) is 0.567. The van der Waals surface area contributed by atoms with Crippen LogP contribution in [0.3, 0.4) is 0 Å². The molecule has 0 radical (unpaired) electrons. The highest BCUT2D eigenvalue weighted by Gasteiger charge is 2.28. The second-order valence-electron chi connectivity index (χ2n) is 7.52. The Morgan fingerprint density at radius 2 is 0.900 bits per heavy atom. The highest BCUT2D eigenvalue weighted by atomic mass is 14.8. The van der Waals surface area contributed by atoms with Crippen molar-refractivity contribution >= 4 is 5.71 Å². The Bertz CT molecular complexity index is 282. The Labute approximate surface area is 125 Å². The van der Waals surface area contributed by atoms with Gasteiger partial charge >= 0.3 is 0 Å². The van der Waals surface area contributed by atoms with Crippen molar-refractivity contribution in [1.82, 2.24) is 0 Å². The number of nitrogens with zero attached hydrogens (tertiary/aromatic N) is 1. The summed E-state index contributed by atoms with van der Waals surface area (Å²) in [5, 5.41) is 0. The van der Waals surface area contributed by atoms with Gasteiger partial charge in [-0.05, 0) is 50.4 Å². The summed E-state index contributed by atoms with van der Waals surface area (Å²) in [5.41, 5.74) is 1.70. The molecule has 0 aromatic rings. The first kappa shape index (κ1) is 14.6. The molecule has 1 nitrogen and oxygen atoms in total. The Morgan fingerprint density at radius 1 is 0.500 bits per heavy atom. The predicted octanol–water partition coefficient (Wildman–Crippen LogP) is 5.92. The topological polar surface area (TPSA) is 12.4 Å². The van der Waals surface area contributed by atoms with Gasteiger partial charge in [0.05, 0.1) is 0 Å². The van der Waals surface area contributed by atoms with Gasteiger partial charge in [0.15, 0.2) is 0 Å². The second-order valence-corrected chi connectivity index (χ2v) is 7.52. The minimum absolute atomic E-state index is 0.697. The molecular formula is C19H33N. The highest BCUT2D eigenvalue weighted by Crippen LogP contribution is 2.35. The Kier molecular flexibility index (Phi) is 5.56. The van der Waals surface area contributed by atoms with E-state index >= 15 is 0 Å². The SMILES string of the molecule is C1CCC(N=C(C2CCCCC2)C2CCCCC2)CC1. The van der Waals surface area contributed by atoms with Gasteiger partial charge in [-0.1, -0.05) is 57.8 Å². The smallest absolute Gasteiger partial charge is 0.0499 e. The van der Waals surface area contributed by atoms with Crippen molar-refractivity contribution < 1.29 is 0 Å². The maximum absolute atomic E-state index is 5.40. The van der Waals surface area contributed by atoms with Crippen LogP contribution in [0.1, 0.15) is 96.3 Å². The van der Waals surface area contributed by atoms with E-state index < -0.39 is 0 Å². The first-order chi connectivity index (χ1) is 9.93. The molecule has 0 bridgehead atoms. The molecule has 3 aliphatic carbocycles. The summed E-state index contributed by atoms with van der Waals surface area (Å²) in [5.74, 6) is 1.74. The lowest BCUT2D eigenvalue weighted by molar-refractivity contribution is 0.377. The molecule has 0 unspecified atom stereocenters. The predicted molar refractivity (Wildman–Crippen MR) is 87.5 cm³/mol. The van der Waals surface area contributed by atoms with Gasteiger partial charge in [-0.25, -0.2) is 0 Å². The zero-order chi connectivity index (χ0) is 13.6. The summed E-state index contributed by atoms with van der Waals surface area (Å²) in [6.45, 7) is 0. The van der Waals surface area contributed by atoms with E-state index in [9.17, 15) is 0 Å². The van der Waals surface area contributed by atoms with E-state index in [-0.39, 0.29) is 0 Å². The molecule has 0 atom stereocenters. The van der Waals surface area contributed by atoms with E-state index in [0.717, 1.165) is 11.8 Å². The minimum Gasteiger partial charge on any atom is -0.290 e. The molecule has 0 aromatic heterocycles. The molecule has 114 valence electrons. The summed E-state index contributed by atoms with van der Waals surface area (Å²) in [6, 6.07) is 0.697. The van der Waals surface area contributed by atoms with Crippen molar-refractivity contribution in [2.75, 3.05) is 0 Å². The maximum Gasteiger partial charge on any atom is 0.0499 e. The summed E-state index contributed by atoms with van der Waals surface area (Å²) in [6.07, 6.45) is 21.6. The number of rotatable bonds is 3. The van der Waals surface area contributed by atoms with E-state index in [1.54, 1.807) is 5.71 Å². The third kappa shape index (κ3) is 3.86. The van der Waals surface area contributed by atoms with Crippen molar-refractivity contribution in [3.8, 4) is 0 Å². The van der Waals surface area contributed by atoms with Gasteiger partial charge in [0.25, 0.3) is 0 Å². The third-order valence-corrected chi connectivity index (χ3v) is 5.95. The lowest BCUT2D eigenvalue weighted by Gasteiger charge is -2.33. The molecule has 0 spiro atoms. The summed E-state index contributed by atoms with van der Waals surface area (Å²) in [7, 11) is 0. The molecule has 0 amide bonds. The number of aliphatic imine (C=N–C) groups is 1. The number of hydrogen-bond donors (Lipinski definition) is 0. The number of hydrogen-bond acceptors (Lipinski definition) is 1. The standard InChI is InChI=1S/C19H33N/c1-4-10-16(11-5-1)19(17-12-6-2-7-13-17)20-18-14-8-3-9-15-18/h16-18H,1-15H2. The second kappa shape index (κ2) is 7.61. The zero-order valence-corrected chi connectivity index (χ0v) is 13.3. The van der Waals surface area contributed by atoms with E-state index in [2.05, 4.69) is 0 Å². The zero-order valence-electron chi connectivity index (χ0n) is 13.3. The molecule has 20 heavy (non-hydrogen) atoms.